The van der Waals surface area contributed by atoms with Crippen LogP contribution in [0.3, 0.4) is 0 Å². The number of rotatable bonds is 3. The van der Waals surface area contributed by atoms with Crippen LogP contribution in [0.4, 0.5) is 4.79 Å². The molecule has 2 fully saturated rings. The summed E-state index contributed by atoms with van der Waals surface area (Å²) in [5, 5.41) is 6.14. The second-order valence-electron chi connectivity index (χ2n) is 4.45. The molecule has 0 aromatic carbocycles. The van der Waals surface area contributed by atoms with Gasteiger partial charge in [-0.15, -0.1) is 0 Å². The third-order valence-electron chi connectivity index (χ3n) is 3.08. The number of alkyl carbamates (subject to hydrolysis) is 1. The molecule has 2 heterocycles. The smallest absolute Gasteiger partial charge is 0.407 e. The summed E-state index contributed by atoms with van der Waals surface area (Å²) in [5.74, 6) is 0. The molecule has 0 bridgehead atoms. The van der Waals surface area contributed by atoms with E-state index in [2.05, 4.69) is 10.6 Å². The van der Waals surface area contributed by atoms with Crippen molar-refractivity contribution in [2.45, 2.75) is 37.8 Å². The first-order valence-electron chi connectivity index (χ1n) is 6.09. The van der Waals surface area contributed by atoms with E-state index in [1.165, 1.54) is 12.8 Å². The maximum absolute atomic E-state index is 11.4. The minimum atomic E-state index is -0.317. The summed E-state index contributed by atoms with van der Waals surface area (Å²) in [4.78, 5) is 11.4. The molecule has 2 N–H and O–H groups in total. The Balaban J connectivity index is 1.59. The molecule has 0 radical (unpaired) electrons. The van der Waals surface area contributed by atoms with Gasteiger partial charge in [-0.1, -0.05) is 6.42 Å². The van der Waals surface area contributed by atoms with Crippen molar-refractivity contribution in [3.05, 3.63) is 0 Å². The number of ether oxygens (including phenoxy) is 2. The van der Waals surface area contributed by atoms with E-state index in [1.54, 1.807) is 0 Å². The van der Waals surface area contributed by atoms with Crippen molar-refractivity contribution in [2.75, 3.05) is 26.4 Å². The highest BCUT2D eigenvalue weighted by molar-refractivity contribution is 5.67. The zero-order valence-electron chi connectivity index (χ0n) is 9.54. The Labute approximate surface area is 95.9 Å². The summed E-state index contributed by atoms with van der Waals surface area (Å²) in [6.45, 7) is 2.84. The fourth-order valence-corrected chi connectivity index (χ4v) is 2.10. The molecule has 5 nitrogen and oxygen atoms in total. The summed E-state index contributed by atoms with van der Waals surface area (Å²) in [5.41, 5.74) is 0. The van der Waals surface area contributed by atoms with E-state index in [9.17, 15) is 4.79 Å². The third kappa shape index (κ3) is 3.64. The molecule has 5 heteroatoms. The number of carbonyl (C=O) groups is 1. The first-order valence-corrected chi connectivity index (χ1v) is 6.09. The SMILES string of the molecule is O=C(NC1CCOC1)OCC1CCCCN1. The lowest BCUT2D eigenvalue weighted by Gasteiger charge is -2.23. The fourth-order valence-electron chi connectivity index (χ4n) is 2.10. The van der Waals surface area contributed by atoms with Crippen LogP contribution in [0.15, 0.2) is 0 Å². The predicted octanol–water partition coefficient (Wildman–Crippen LogP) is 0.644. The van der Waals surface area contributed by atoms with Gasteiger partial charge >= 0.3 is 6.09 Å². The van der Waals surface area contributed by atoms with Crippen molar-refractivity contribution in [3.63, 3.8) is 0 Å². The first kappa shape index (κ1) is 11.7. The van der Waals surface area contributed by atoms with Gasteiger partial charge in [0.25, 0.3) is 0 Å². The number of carbonyl (C=O) groups excluding carboxylic acids is 1. The highest BCUT2D eigenvalue weighted by Gasteiger charge is 2.19. The Hall–Kier alpha value is -0.810. The van der Waals surface area contributed by atoms with Gasteiger partial charge in [-0.2, -0.15) is 0 Å². The van der Waals surface area contributed by atoms with E-state index in [0.29, 0.717) is 19.3 Å². The first-order chi connectivity index (χ1) is 7.84. The Morgan fingerprint density at radius 1 is 1.44 bits per heavy atom. The van der Waals surface area contributed by atoms with Crippen LogP contribution in [0, 0.1) is 0 Å². The second-order valence-corrected chi connectivity index (χ2v) is 4.45. The molecular formula is C11H20N2O3. The molecule has 2 rings (SSSR count). The summed E-state index contributed by atoms with van der Waals surface area (Å²) >= 11 is 0. The molecule has 0 aliphatic carbocycles. The van der Waals surface area contributed by atoms with Crippen LogP contribution in [0.2, 0.25) is 0 Å². The topological polar surface area (TPSA) is 59.6 Å². The molecule has 2 unspecified atom stereocenters. The largest absolute Gasteiger partial charge is 0.448 e. The maximum Gasteiger partial charge on any atom is 0.407 e. The lowest BCUT2D eigenvalue weighted by atomic mass is 10.1. The van der Waals surface area contributed by atoms with Crippen LogP contribution in [0.25, 0.3) is 0 Å². The number of hydrogen-bond acceptors (Lipinski definition) is 4. The molecule has 0 aromatic heterocycles. The number of piperidine rings is 1. The Morgan fingerprint density at radius 2 is 2.38 bits per heavy atom. The van der Waals surface area contributed by atoms with E-state index in [0.717, 1.165) is 26.0 Å². The molecule has 0 spiro atoms. The van der Waals surface area contributed by atoms with Crippen LogP contribution >= 0.6 is 0 Å². The van der Waals surface area contributed by atoms with Crippen molar-refractivity contribution >= 4 is 6.09 Å². The summed E-state index contributed by atoms with van der Waals surface area (Å²) in [6.07, 6.45) is 4.11. The summed E-state index contributed by atoms with van der Waals surface area (Å²) in [7, 11) is 0. The zero-order chi connectivity index (χ0) is 11.2. The highest BCUT2D eigenvalue weighted by Crippen LogP contribution is 2.07. The Morgan fingerprint density at radius 3 is 3.06 bits per heavy atom. The Bertz CT molecular complexity index is 223. The monoisotopic (exact) mass is 228 g/mol. The van der Waals surface area contributed by atoms with Crippen molar-refractivity contribution in [2.24, 2.45) is 0 Å². The second kappa shape index (κ2) is 6.06. The van der Waals surface area contributed by atoms with Gasteiger partial charge in [-0.3, -0.25) is 0 Å². The van der Waals surface area contributed by atoms with Crippen LogP contribution in [-0.4, -0.2) is 44.5 Å². The Kier molecular flexibility index (Phi) is 4.42. The summed E-state index contributed by atoms with van der Waals surface area (Å²) in [6, 6.07) is 0.464. The standard InChI is InChI=1S/C11H20N2O3/c14-11(13-10-4-6-15-7-10)16-8-9-3-1-2-5-12-9/h9-10,12H,1-8H2,(H,13,14). The molecule has 2 saturated heterocycles. The minimum Gasteiger partial charge on any atom is -0.448 e. The van der Waals surface area contributed by atoms with Gasteiger partial charge in [0.2, 0.25) is 0 Å². The normalized spacial score (nSPS) is 30.0. The predicted molar refractivity (Wildman–Crippen MR) is 59.3 cm³/mol. The van der Waals surface area contributed by atoms with Crippen LogP contribution in [-0.2, 0) is 9.47 Å². The molecule has 92 valence electrons. The van der Waals surface area contributed by atoms with Gasteiger partial charge in [0, 0.05) is 12.6 Å². The van der Waals surface area contributed by atoms with Gasteiger partial charge in [0.15, 0.2) is 0 Å². The molecule has 0 saturated carbocycles. The van der Waals surface area contributed by atoms with Gasteiger partial charge in [0.05, 0.1) is 12.6 Å². The molecule has 1 amide bonds. The minimum absolute atomic E-state index is 0.131. The van der Waals surface area contributed by atoms with Gasteiger partial charge in [0.1, 0.15) is 6.61 Å². The fraction of sp³-hybridized carbons (Fsp3) is 0.909. The van der Waals surface area contributed by atoms with Gasteiger partial charge in [-0.05, 0) is 25.8 Å². The average molecular weight is 228 g/mol. The number of amides is 1. The lowest BCUT2D eigenvalue weighted by Crippen LogP contribution is -2.41. The van der Waals surface area contributed by atoms with Crippen molar-refractivity contribution in [1.82, 2.24) is 10.6 Å². The molecular weight excluding hydrogens is 208 g/mol. The third-order valence-corrected chi connectivity index (χ3v) is 3.08. The average Bonchev–Trinajstić information content (AvgIpc) is 2.81. The van der Waals surface area contributed by atoms with Crippen LogP contribution < -0.4 is 10.6 Å². The van der Waals surface area contributed by atoms with Gasteiger partial charge < -0.3 is 20.1 Å². The molecule has 2 atom stereocenters. The zero-order valence-corrected chi connectivity index (χ0v) is 9.54. The van der Waals surface area contributed by atoms with Crippen LogP contribution in [0.1, 0.15) is 25.7 Å². The van der Waals surface area contributed by atoms with E-state index < -0.39 is 0 Å². The van der Waals surface area contributed by atoms with E-state index >= 15 is 0 Å². The molecule has 0 aromatic rings. The van der Waals surface area contributed by atoms with Crippen LogP contribution in [0.5, 0.6) is 0 Å². The quantitative estimate of drug-likeness (QED) is 0.744. The van der Waals surface area contributed by atoms with E-state index in [-0.39, 0.29) is 12.1 Å². The molecule has 16 heavy (non-hydrogen) atoms. The number of nitrogens with one attached hydrogen (secondary N) is 2. The summed E-state index contributed by atoms with van der Waals surface area (Å²) < 4.78 is 10.3. The van der Waals surface area contributed by atoms with Crippen molar-refractivity contribution < 1.29 is 14.3 Å². The van der Waals surface area contributed by atoms with Crippen molar-refractivity contribution in [1.29, 1.82) is 0 Å². The van der Waals surface area contributed by atoms with Gasteiger partial charge in [-0.25, -0.2) is 4.79 Å². The van der Waals surface area contributed by atoms with Crippen molar-refractivity contribution in [3.8, 4) is 0 Å². The highest BCUT2D eigenvalue weighted by atomic mass is 16.5. The lowest BCUT2D eigenvalue weighted by molar-refractivity contribution is 0.122. The van der Waals surface area contributed by atoms with E-state index in [4.69, 9.17) is 9.47 Å². The molecule has 2 aliphatic rings. The maximum atomic E-state index is 11.4. The number of hydrogen-bond donors (Lipinski definition) is 2. The molecule has 2 aliphatic heterocycles. The van der Waals surface area contributed by atoms with E-state index in [1.807, 2.05) is 0 Å².